The second kappa shape index (κ2) is 7.55. The van der Waals surface area contributed by atoms with Crippen LogP contribution in [0.1, 0.15) is 17.5 Å². The fourth-order valence-electron chi connectivity index (χ4n) is 2.98. The number of benzene rings is 2. The van der Waals surface area contributed by atoms with E-state index >= 15 is 0 Å². The number of sulfonamides is 1. The molecule has 3 rings (SSSR count). The maximum absolute atomic E-state index is 13.0. The van der Waals surface area contributed by atoms with Crippen molar-refractivity contribution < 1.29 is 17.6 Å². The predicted molar refractivity (Wildman–Crippen MR) is 96.3 cm³/mol. The van der Waals surface area contributed by atoms with Gasteiger partial charge in [-0.2, -0.15) is 0 Å². The number of nitrogens with one attached hydrogen (secondary N) is 1. The van der Waals surface area contributed by atoms with Crippen molar-refractivity contribution in [3.8, 4) is 0 Å². The SMILES string of the molecule is Cc1ccc(S(=O)(=O)NCC2CC(=O)N(Cc3ccc(F)cc3)C2)cc1. The standard InChI is InChI=1S/C19H21FN2O3S/c1-14-2-8-18(9-3-14)26(24,25)21-11-16-10-19(23)22(13-16)12-15-4-6-17(20)7-5-15/h2-9,16,21H,10-13H2,1H3. The van der Waals surface area contributed by atoms with Gasteiger partial charge in [0.25, 0.3) is 0 Å². The van der Waals surface area contributed by atoms with Crippen LogP contribution in [0.5, 0.6) is 0 Å². The lowest BCUT2D eigenvalue weighted by atomic mass is 10.1. The lowest BCUT2D eigenvalue weighted by Crippen LogP contribution is -2.31. The second-order valence-electron chi connectivity index (χ2n) is 6.64. The van der Waals surface area contributed by atoms with Gasteiger partial charge < -0.3 is 4.90 Å². The third-order valence-corrected chi connectivity index (χ3v) is 5.91. The van der Waals surface area contributed by atoms with Crippen LogP contribution in [-0.2, 0) is 21.4 Å². The van der Waals surface area contributed by atoms with Crippen LogP contribution in [0.3, 0.4) is 0 Å². The van der Waals surface area contributed by atoms with Gasteiger partial charge in [-0.25, -0.2) is 17.5 Å². The van der Waals surface area contributed by atoms with Crippen molar-refractivity contribution >= 4 is 15.9 Å². The molecule has 1 aliphatic rings. The van der Waals surface area contributed by atoms with Gasteiger partial charge >= 0.3 is 0 Å². The molecule has 1 saturated heterocycles. The van der Waals surface area contributed by atoms with E-state index in [1.54, 1.807) is 41.3 Å². The summed E-state index contributed by atoms with van der Waals surface area (Å²) in [6, 6.07) is 12.7. The molecule has 26 heavy (non-hydrogen) atoms. The van der Waals surface area contributed by atoms with E-state index in [1.165, 1.54) is 12.1 Å². The van der Waals surface area contributed by atoms with Gasteiger partial charge in [-0.3, -0.25) is 4.79 Å². The lowest BCUT2D eigenvalue weighted by Gasteiger charge is -2.17. The van der Waals surface area contributed by atoms with Gasteiger partial charge in [0.1, 0.15) is 5.82 Å². The summed E-state index contributed by atoms with van der Waals surface area (Å²) in [6.45, 7) is 2.98. The molecule has 2 aromatic rings. The fraction of sp³-hybridized carbons (Fsp3) is 0.316. The van der Waals surface area contributed by atoms with Crippen LogP contribution < -0.4 is 4.72 Å². The molecule has 1 atom stereocenters. The Morgan fingerprint density at radius 2 is 1.77 bits per heavy atom. The molecular weight excluding hydrogens is 355 g/mol. The molecular formula is C19H21FN2O3S. The first-order valence-electron chi connectivity index (χ1n) is 8.42. The topological polar surface area (TPSA) is 66.5 Å². The highest BCUT2D eigenvalue weighted by atomic mass is 32.2. The van der Waals surface area contributed by atoms with Crippen LogP contribution in [0.15, 0.2) is 53.4 Å². The van der Waals surface area contributed by atoms with E-state index in [0.717, 1.165) is 11.1 Å². The second-order valence-corrected chi connectivity index (χ2v) is 8.40. The van der Waals surface area contributed by atoms with Gasteiger partial charge in [-0.05, 0) is 42.7 Å². The molecule has 1 amide bonds. The third kappa shape index (κ3) is 4.47. The summed E-state index contributed by atoms with van der Waals surface area (Å²) >= 11 is 0. The number of carbonyl (C=O) groups excluding carboxylic acids is 1. The van der Waals surface area contributed by atoms with Gasteiger partial charge in [-0.15, -0.1) is 0 Å². The first-order chi connectivity index (χ1) is 12.3. The number of hydrogen-bond acceptors (Lipinski definition) is 3. The number of rotatable bonds is 6. The molecule has 0 spiro atoms. The maximum Gasteiger partial charge on any atom is 0.240 e. The fourth-order valence-corrected chi connectivity index (χ4v) is 4.10. The van der Waals surface area contributed by atoms with Gasteiger partial charge in [0.2, 0.25) is 15.9 Å². The largest absolute Gasteiger partial charge is 0.338 e. The summed E-state index contributed by atoms with van der Waals surface area (Å²) in [5, 5.41) is 0. The molecule has 0 bridgehead atoms. The van der Waals surface area contributed by atoms with Crippen molar-refractivity contribution in [1.29, 1.82) is 0 Å². The number of likely N-dealkylation sites (tertiary alicyclic amines) is 1. The summed E-state index contributed by atoms with van der Waals surface area (Å²) in [6.07, 6.45) is 0.303. The zero-order valence-corrected chi connectivity index (χ0v) is 15.3. The molecule has 1 fully saturated rings. The highest BCUT2D eigenvalue weighted by Gasteiger charge is 2.30. The number of carbonyl (C=O) groups is 1. The first-order valence-corrected chi connectivity index (χ1v) is 9.90. The summed E-state index contributed by atoms with van der Waals surface area (Å²) in [5.74, 6) is -0.415. The first kappa shape index (κ1) is 18.5. The van der Waals surface area contributed by atoms with Crippen molar-refractivity contribution in [2.24, 2.45) is 5.92 Å². The van der Waals surface area contributed by atoms with E-state index in [9.17, 15) is 17.6 Å². The van der Waals surface area contributed by atoms with E-state index in [1.807, 2.05) is 6.92 Å². The molecule has 0 aliphatic carbocycles. The number of hydrogen-bond donors (Lipinski definition) is 1. The zero-order chi connectivity index (χ0) is 18.7. The number of aryl methyl sites for hydroxylation is 1. The third-order valence-electron chi connectivity index (χ3n) is 4.47. The Morgan fingerprint density at radius 1 is 1.12 bits per heavy atom. The normalized spacial score (nSPS) is 17.7. The Bertz CT molecular complexity index is 880. The molecule has 1 aliphatic heterocycles. The minimum Gasteiger partial charge on any atom is -0.338 e. The van der Waals surface area contributed by atoms with Crippen LogP contribution in [-0.4, -0.2) is 32.3 Å². The van der Waals surface area contributed by atoms with Crippen molar-refractivity contribution in [2.45, 2.75) is 24.8 Å². The molecule has 7 heteroatoms. The smallest absolute Gasteiger partial charge is 0.240 e. The van der Waals surface area contributed by atoms with Gasteiger partial charge in [0, 0.05) is 26.1 Å². The lowest BCUT2D eigenvalue weighted by molar-refractivity contribution is -0.128. The number of halogens is 1. The average molecular weight is 376 g/mol. The Kier molecular flexibility index (Phi) is 5.38. The average Bonchev–Trinajstić information content (AvgIpc) is 2.95. The van der Waals surface area contributed by atoms with Crippen LogP contribution in [0.2, 0.25) is 0 Å². The molecule has 2 aromatic carbocycles. The van der Waals surface area contributed by atoms with E-state index in [-0.39, 0.29) is 29.1 Å². The van der Waals surface area contributed by atoms with Crippen LogP contribution in [0.25, 0.3) is 0 Å². The molecule has 1 heterocycles. The van der Waals surface area contributed by atoms with Crippen molar-refractivity contribution in [3.05, 3.63) is 65.5 Å². The van der Waals surface area contributed by atoms with E-state index in [0.29, 0.717) is 19.5 Å². The summed E-state index contributed by atoms with van der Waals surface area (Å²) in [7, 11) is -3.58. The number of nitrogens with zero attached hydrogens (tertiary/aromatic N) is 1. The highest BCUT2D eigenvalue weighted by molar-refractivity contribution is 7.89. The Balaban J connectivity index is 1.57. The molecule has 0 radical (unpaired) electrons. The summed E-state index contributed by atoms with van der Waals surface area (Å²) in [5.41, 5.74) is 1.84. The Hall–Kier alpha value is -2.25. The molecule has 0 saturated carbocycles. The van der Waals surface area contributed by atoms with Crippen LogP contribution >= 0.6 is 0 Å². The van der Waals surface area contributed by atoms with Crippen LogP contribution in [0.4, 0.5) is 4.39 Å². The van der Waals surface area contributed by atoms with Crippen molar-refractivity contribution in [2.75, 3.05) is 13.1 Å². The molecule has 1 unspecified atom stereocenters. The minimum absolute atomic E-state index is 0.0196. The van der Waals surface area contributed by atoms with Gasteiger partial charge in [-0.1, -0.05) is 29.8 Å². The maximum atomic E-state index is 13.0. The minimum atomic E-state index is -3.58. The Labute approximate surface area is 152 Å². The van der Waals surface area contributed by atoms with Crippen molar-refractivity contribution in [1.82, 2.24) is 9.62 Å². The predicted octanol–water partition coefficient (Wildman–Crippen LogP) is 2.46. The Morgan fingerprint density at radius 3 is 2.42 bits per heavy atom. The zero-order valence-electron chi connectivity index (χ0n) is 14.5. The quantitative estimate of drug-likeness (QED) is 0.842. The molecule has 1 N–H and O–H groups in total. The van der Waals surface area contributed by atoms with E-state index in [4.69, 9.17) is 0 Å². The molecule has 138 valence electrons. The van der Waals surface area contributed by atoms with E-state index in [2.05, 4.69) is 4.72 Å². The van der Waals surface area contributed by atoms with Gasteiger partial charge in [0.05, 0.1) is 4.90 Å². The number of amides is 1. The molecule has 0 aromatic heterocycles. The van der Waals surface area contributed by atoms with Crippen molar-refractivity contribution in [3.63, 3.8) is 0 Å². The monoisotopic (exact) mass is 376 g/mol. The summed E-state index contributed by atoms with van der Waals surface area (Å²) in [4.78, 5) is 14.1. The van der Waals surface area contributed by atoms with Crippen LogP contribution in [0, 0.1) is 18.7 Å². The molecule has 5 nitrogen and oxygen atoms in total. The summed E-state index contributed by atoms with van der Waals surface area (Å²) < 4.78 is 40.2. The van der Waals surface area contributed by atoms with Gasteiger partial charge in [0.15, 0.2) is 0 Å². The van der Waals surface area contributed by atoms with E-state index < -0.39 is 10.0 Å². The highest BCUT2D eigenvalue weighted by Crippen LogP contribution is 2.20.